The third-order valence-corrected chi connectivity index (χ3v) is 12.9. The van der Waals surface area contributed by atoms with Gasteiger partial charge in [-0.15, -0.1) is 0 Å². The fourth-order valence-electron chi connectivity index (χ4n) is 10.6. The Morgan fingerprint density at radius 1 is 0.509 bits per heavy atom. The Morgan fingerprint density at radius 2 is 1.08 bits per heavy atom. The minimum Gasteiger partial charge on any atom is -0.314 e. The van der Waals surface area contributed by atoms with Crippen molar-refractivity contribution in [2.24, 2.45) is 0 Å². The van der Waals surface area contributed by atoms with Crippen LogP contribution in [0.5, 0.6) is 0 Å². The number of para-hydroxylation sites is 1. The summed E-state index contributed by atoms with van der Waals surface area (Å²) in [5.41, 5.74) is 22.9. The molecule has 254 valence electrons. The molecule has 0 radical (unpaired) electrons. The summed E-state index contributed by atoms with van der Waals surface area (Å²) in [6.45, 7) is 4.79. The Hall–Kier alpha value is -5.92. The number of fused-ring (bicyclic) bond motifs is 12. The van der Waals surface area contributed by atoms with Crippen LogP contribution in [-0.2, 0) is 10.8 Å². The van der Waals surface area contributed by atoms with Gasteiger partial charge in [0.05, 0.1) is 11.1 Å². The molecule has 0 bridgehead atoms. The van der Waals surface area contributed by atoms with Gasteiger partial charge >= 0.3 is 0 Å². The summed E-state index contributed by atoms with van der Waals surface area (Å²) in [6, 6.07) is 53.0. The lowest BCUT2D eigenvalue weighted by atomic mass is 9.69. The van der Waals surface area contributed by atoms with Crippen LogP contribution in [0.1, 0.15) is 78.5 Å². The van der Waals surface area contributed by atoms with E-state index in [0.717, 1.165) is 25.7 Å². The number of benzene rings is 6. The number of rotatable bonds is 4. The molecule has 0 N–H and O–H groups in total. The fraction of sp³-hybridized carbons (Fsp3) is 0.154. The van der Waals surface area contributed by atoms with E-state index < -0.39 is 0 Å². The van der Waals surface area contributed by atoms with Crippen molar-refractivity contribution in [1.29, 1.82) is 0 Å². The van der Waals surface area contributed by atoms with E-state index in [0.29, 0.717) is 0 Å². The van der Waals surface area contributed by atoms with Crippen molar-refractivity contribution < 1.29 is 0 Å². The van der Waals surface area contributed by atoms with Crippen LogP contribution in [0.4, 0.5) is 11.4 Å². The third-order valence-electron chi connectivity index (χ3n) is 12.9. The number of allylic oxidation sites excluding steroid dienone is 8. The largest absolute Gasteiger partial charge is 0.314 e. The van der Waals surface area contributed by atoms with E-state index in [9.17, 15) is 0 Å². The highest BCUT2D eigenvalue weighted by atomic mass is 15.2. The van der Waals surface area contributed by atoms with Crippen molar-refractivity contribution in [3.63, 3.8) is 0 Å². The second-order valence-corrected chi connectivity index (χ2v) is 15.8. The predicted octanol–water partition coefficient (Wildman–Crippen LogP) is 13.3. The molecule has 0 unspecified atom stereocenters. The molecule has 0 atom stereocenters. The summed E-state index contributed by atoms with van der Waals surface area (Å²) < 4.78 is 0. The van der Waals surface area contributed by atoms with E-state index in [1.54, 1.807) is 0 Å². The number of hydrogen-bond donors (Lipinski definition) is 0. The zero-order valence-corrected chi connectivity index (χ0v) is 30.4. The number of anilines is 2. The Bertz CT molecular complexity index is 2610. The lowest BCUT2D eigenvalue weighted by molar-refractivity contribution is 0.660. The van der Waals surface area contributed by atoms with Crippen LogP contribution in [-0.4, -0.2) is 0 Å². The van der Waals surface area contributed by atoms with Crippen molar-refractivity contribution in [3.8, 4) is 22.3 Å². The Morgan fingerprint density at radius 3 is 1.75 bits per heavy atom. The molecule has 1 heteroatoms. The van der Waals surface area contributed by atoms with Gasteiger partial charge in [-0.2, -0.15) is 0 Å². The topological polar surface area (TPSA) is 3.24 Å². The average molecular weight is 680 g/mol. The van der Waals surface area contributed by atoms with E-state index in [-0.39, 0.29) is 10.8 Å². The first-order chi connectivity index (χ1) is 26.1. The number of hydrogen-bond acceptors (Lipinski definition) is 1. The smallest absolute Gasteiger partial charge is 0.0722 e. The summed E-state index contributed by atoms with van der Waals surface area (Å²) in [6.07, 6.45) is 13.5. The van der Waals surface area contributed by atoms with E-state index >= 15 is 0 Å². The second kappa shape index (κ2) is 11.3. The van der Waals surface area contributed by atoms with Gasteiger partial charge in [0.15, 0.2) is 0 Å². The summed E-state index contributed by atoms with van der Waals surface area (Å²) in [7, 11) is 0. The summed E-state index contributed by atoms with van der Waals surface area (Å²) in [4.78, 5) is 2.63. The molecular formula is C52H41N. The maximum absolute atomic E-state index is 2.63. The molecule has 0 amide bonds. The number of nitrogens with zero attached hydrogens (tertiary/aromatic N) is 1. The first kappa shape index (κ1) is 30.7. The van der Waals surface area contributed by atoms with E-state index in [4.69, 9.17) is 0 Å². The lowest BCUT2D eigenvalue weighted by Crippen LogP contribution is -2.28. The molecule has 6 aromatic rings. The van der Waals surface area contributed by atoms with Gasteiger partial charge in [-0.05, 0) is 122 Å². The zero-order valence-electron chi connectivity index (χ0n) is 30.4. The molecule has 0 heterocycles. The lowest BCUT2D eigenvalue weighted by Gasteiger charge is -2.36. The van der Waals surface area contributed by atoms with E-state index in [2.05, 4.69) is 183 Å². The SMILES string of the molecule is CC1(C)c2ccccc2-c2ccc(N(C3=CC4=C(CC3)c3ccccc3C43c4ccccc4-c4ccccc43)c3ccccc3C3=CC=CCC3)cc21. The monoisotopic (exact) mass is 679 g/mol. The molecule has 53 heavy (non-hydrogen) atoms. The summed E-state index contributed by atoms with van der Waals surface area (Å²) in [5.74, 6) is 0. The molecule has 0 saturated heterocycles. The Labute approximate surface area is 313 Å². The van der Waals surface area contributed by atoms with Crippen molar-refractivity contribution in [2.45, 2.75) is 50.4 Å². The molecule has 1 nitrogen and oxygen atoms in total. The maximum atomic E-state index is 2.63. The molecular weight excluding hydrogens is 639 g/mol. The minimum absolute atomic E-state index is 0.0884. The minimum atomic E-state index is -0.353. The first-order valence-electron chi connectivity index (χ1n) is 19.3. The highest BCUT2D eigenvalue weighted by molar-refractivity contribution is 5.97. The molecule has 6 aromatic carbocycles. The van der Waals surface area contributed by atoms with Crippen LogP contribution in [0.15, 0.2) is 175 Å². The fourth-order valence-corrected chi connectivity index (χ4v) is 10.6. The van der Waals surface area contributed by atoms with Gasteiger partial charge in [0.25, 0.3) is 0 Å². The van der Waals surface area contributed by atoms with Gasteiger partial charge in [-0.3, -0.25) is 0 Å². The molecule has 0 aromatic heterocycles. The van der Waals surface area contributed by atoms with Crippen LogP contribution in [0.2, 0.25) is 0 Å². The van der Waals surface area contributed by atoms with Gasteiger partial charge in [-0.25, -0.2) is 0 Å². The van der Waals surface area contributed by atoms with Gasteiger partial charge in [0, 0.05) is 22.4 Å². The van der Waals surface area contributed by atoms with Crippen LogP contribution in [0, 0.1) is 0 Å². The van der Waals surface area contributed by atoms with Crippen LogP contribution in [0.3, 0.4) is 0 Å². The average Bonchev–Trinajstić information content (AvgIpc) is 3.77. The van der Waals surface area contributed by atoms with Gasteiger partial charge in [-0.1, -0.05) is 153 Å². The van der Waals surface area contributed by atoms with E-state index in [1.165, 1.54) is 95.0 Å². The van der Waals surface area contributed by atoms with Gasteiger partial charge in [0.2, 0.25) is 0 Å². The highest BCUT2D eigenvalue weighted by Gasteiger charge is 2.53. The summed E-state index contributed by atoms with van der Waals surface area (Å²) in [5, 5.41) is 0. The van der Waals surface area contributed by atoms with Crippen molar-refractivity contribution in [1.82, 2.24) is 0 Å². The molecule has 5 aliphatic rings. The molecule has 11 rings (SSSR count). The van der Waals surface area contributed by atoms with Crippen LogP contribution < -0.4 is 4.90 Å². The van der Waals surface area contributed by atoms with Crippen LogP contribution >= 0.6 is 0 Å². The molecule has 0 aliphatic heterocycles. The second-order valence-electron chi connectivity index (χ2n) is 15.8. The molecule has 0 saturated carbocycles. The van der Waals surface area contributed by atoms with Crippen LogP contribution in [0.25, 0.3) is 33.4 Å². The van der Waals surface area contributed by atoms with Crippen molar-refractivity contribution in [3.05, 3.63) is 214 Å². The van der Waals surface area contributed by atoms with Crippen molar-refractivity contribution >= 4 is 22.5 Å². The van der Waals surface area contributed by atoms with Gasteiger partial charge < -0.3 is 4.90 Å². The maximum Gasteiger partial charge on any atom is 0.0722 e. The quantitative estimate of drug-likeness (QED) is 0.179. The molecule has 5 aliphatic carbocycles. The Balaban J connectivity index is 1.17. The summed E-state index contributed by atoms with van der Waals surface area (Å²) >= 11 is 0. The first-order valence-corrected chi connectivity index (χ1v) is 19.3. The highest BCUT2D eigenvalue weighted by Crippen LogP contribution is 2.64. The van der Waals surface area contributed by atoms with E-state index in [1.807, 2.05) is 0 Å². The molecule has 1 spiro atoms. The predicted molar refractivity (Wildman–Crippen MR) is 221 cm³/mol. The van der Waals surface area contributed by atoms with Gasteiger partial charge in [0.1, 0.15) is 0 Å². The standard InChI is InChI=1S/C52H41N/c1-51(2)44-23-11-6-19-38(44)42-30-28-35(32-48(42)51)53(50-27-15-10-18-37(50)34-16-4-3-5-17-34)36-29-31-43-41-22-9-14-26-47(41)52(49(43)33-36)45-24-12-7-20-39(45)40-21-8-13-25-46(40)52/h3-4,6-16,18-28,30,32-33H,5,17,29,31H2,1-2H3. The third kappa shape index (κ3) is 4.14. The van der Waals surface area contributed by atoms with Crippen molar-refractivity contribution in [2.75, 3.05) is 4.90 Å². The Kier molecular flexibility index (Phi) is 6.54. The zero-order chi connectivity index (χ0) is 35.3. The molecule has 0 fully saturated rings. The normalized spacial score (nSPS) is 17.7.